The number of hydrogen-bond acceptors (Lipinski definition) is 3. The number of rotatable bonds is 4. The van der Waals surface area contributed by atoms with Crippen molar-refractivity contribution in [3.05, 3.63) is 50.7 Å². The Morgan fingerprint density at radius 2 is 1.84 bits per heavy atom. The lowest BCUT2D eigenvalue weighted by Gasteiger charge is -2.11. The monoisotopic (exact) mass is 384 g/mol. The maximum absolute atomic E-state index is 5.29. The van der Waals surface area contributed by atoms with E-state index in [4.69, 9.17) is 4.74 Å². The smallest absolute Gasteiger partial charge is 0.147 e. The van der Waals surface area contributed by atoms with Crippen molar-refractivity contribution in [1.29, 1.82) is 0 Å². The van der Waals surface area contributed by atoms with Crippen LogP contribution in [-0.2, 0) is 6.54 Å². The Labute approximate surface area is 129 Å². The summed E-state index contributed by atoms with van der Waals surface area (Å²) in [5.74, 6) is 0.806. The van der Waals surface area contributed by atoms with Crippen LogP contribution in [0.25, 0.3) is 0 Å². The van der Waals surface area contributed by atoms with Gasteiger partial charge >= 0.3 is 0 Å². The van der Waals surface area contributed by atoms with Gasteiger partial charge in [-0.2, -0.15) is 0 Å². The second-order valence-electron chi connectivity index (χ2n) is 4.20. The normalized spacial score (nSPS) is 10.3. The van der Waals surface area contributed by atoms with Gasteiger partial charge in [0, 0.05) is 18.9 Å². The number of benzene rings is 1. The molecule has 0 atom stereocenters. The van der Waals surface area contributed by atoms with Gasteiger partial charge in [0.1, 0.15) is 5.75 Å². The van der Waals surface area contributed by atoms with Gasteiger partial charge < -0.3 is 10.1 Å². The maximum atomic E-state index is 5.29. The highest BCUT2D eigenvalue weighted by molar-refractivity contribution is 9.11. The Balaban J connectivity index is 2.12. The zero-order valence-corrected chi connectivity index (χ0v) is 13.9. The quantitative estimate of drug-likeness (QED) is 0.839. The van der Waals surface area contributed by atoms with Gasteiger partial charge in [-0.3, -0.25) is 4.98 Å². The molecule has 0 fully saturated rings. The second kappa shape index (κ2) is 6.39. The lowest BCUT2D eigenvalue weighted by atomic mass is 10.2. The van der Waals surface area contributed by atoms with Crippen molar-refractivity contribution in [2.24, 2.45) is 0 Å². The van der Waals surface area contributed by atoms with E-state index in [1.165, 1.54) is 0 Å². The Kier molecular flexibility index (Phi) is 4.82. The number of nitrogens with one attached hydrogen (secondary N) is 1. The molecular weight excluding hydrogens is 372 g/mol. The molecule has 1 heterocycles. The van der Waals surface area contributed by atoms with Crippen LogP contribution in [-0.4, -0.2) is 12.1 Å². The second-order valence-corrected chi connectivity index (χ2v) is 5.91. The largest absolute Gasteiger partial charge is 0.494 e. The highest BCUT2D eigenvalue weighted by Gasteiger charge is 2.07. The first-order valence-electron chi connectivity index (χ1n) is 5.77. The molecule has 0 unspecified atom stereocenters. The van der Waals surface area contributed by atoms with Crippen LogP contribution in [0.3, 0.4) is 0 Å². The third-order valence-electron chi connectivity index (χ3n) is 2.63. The average Bonchev–Trinajstić information content (AvgIpc) is 2.36. The van der Waals surface area contributed by atoms with Gasteiger partial charge in [-0.25, -0.2) is 0 Å². The molecule has 100 valence electrons. The van der Waals surface area contributed by atoms with Crippen molar-refractivity contribution < 1.29 is 4.74 Å². The molecule has 0 amide bonds. The molecule has 0 saturated heterocycles. The predicted octanol–water partition coefficient (Wildman–Crippen LogP) is 4.54. The van der Waals surface area contributed by atoms with Crippen LogP contribution < -0.4 is 10.1 Å². The molecule has 0 bridgehead atoms. The van der Waals surface area contributed by atoms with Gasteiger partial charge in [0.15, 0.2) is 0 Å². The molecular formula is C14H14Br2N2O. The minimum Gasteiger partial charge on any atom is -0.494 e. The first-order chi connectivity index (χ1) is 9.10. The maximum Gasteiger partial charge on any atom is 0.147 e. The van der Waals surface area contributed by atoms with Gasteiger partial charge in [0.25, 0.3) is 0 Å². The molecule has 0 aliphatic rings. The summed E-state index contributed by atoms with van der Waals surface area (Å²) in [6, 6.07) is 6.15. The van der Waals surface area contributed by atoms with E-state index in [1.807, 2.05) is 31.5 Å². The summed E-state index contributed by atoms with van der Waals surface area (Å²) in [6.45, 7) is 2.76. The van der Waals surface area contributed by atoms with Crippen molar-refractivity contribution in [2.75, 3.05) is 12.4 Å². The molecule has 0 spiro atoms. The fraction of sp³-hybridized carbons (Fsp3) is 0.214. The van der Waals surface area contributed by atoms with E-state index in [0.29, 0.717) is 0 Å². The molecule has 3 nitrogen and oxygen atoms in total. The fourth-order valence-electron chi connectivity index (χ4n) is 1.77. The van der Waals surface area contributed by atoms with Crippen LogP contribution in [0.1, 0.15) is 11.1 Å². The summed E-state index contributed by atoms with van der Waals surface area (Å²) < 4.78 is 7.15. The minimum atomic E-state index is 0.728. The van der Waals surface area contributed by atoms with E-state index < -0.39 is 0 Å². The number of hydrogen-bond donors (Lipinski definition) is 1. The Bertz CT molecular complexity index is 564. The predicted molar refractivity (Wildman–Crippen MR) is 84.7 cm³/mol. The number of methoxy groups -OCH3 is 1. The Morgan fingerprint density at radius 1 is 1.16 bits per heavy atom. The topological polar surface area (TPSA) is 34.1 Å². The highest BCUT2D eigenvalue weighted by atomic mass is 79.9. The first-order valence-corrected chi connectivity index (χ1v) is 7.36. The summed E-state index contributed by atoms with van der Waals surface area (Å²) >= 11 is 7.00. The van der Waals surface area contributed by atoms with Gasteiger partial charge in [-0.1, -0.05) is 0 Å². The van der Waals surface area contributed by atoms with Crippen molar-refractivity contribution in [2.45, 2.75) is 13.5 Å². The number of pyridine rings is 1. The third kappa shape index (κ3) is 3.70. The lowest BCUT2D eigenvalue weighted by molar-refractivity contribution is 0.409. The van der Waals surface area contributed by atoms with E-state index in [0.717, 1.165) is 38.1 Å². The van der Waals surface area contributed by atoms with Crippen molar-refractivity contribution in [3.8, 4) is 5.75 Å². The first kappa shape index (κ1) is 14.3. The minimum absolute atomic E-state index is 0.728. The molecule has 0 aliphatic heterocycles. The Morgan fingerprint density at radius 3 is 2.42 bits per heavy atom. The summed E-state index contributed by atoms with van der Waals surface area (Å²) in [4.78, 5) is 4.16. The average molecular weight is 386 g/mol. The number of halogens is 2. The van der Waals surface area contributed by atoms with Crippen LogP contribution in [0.4, 0.5) is 5.69 Å². The van der Waals surface area contributed by atoms with Gasteiger partial charge in [-0.05, 0) is 68.1 Å². The molecule has 0 radical (unpaired) electrons. The van der Waals surface area contributed by atoms with E-state index in [2.05, 4.69) is 48.2 Å². The molecule has 19 heavy (non-hydrogen) atoms. The number of aromatic nitrogens is 1. The molecule has 2 aromatic rings. The van der Waals surface area contributed by atoms with E-state index in [1.54, 1.807) is 7.11 Å². The van der Waals surface area contributed by atoms with Crippen LogP contribution in [0.2, 0.25) is 0 Å². The number of nitrogens with zero attached hydrogens (tertiary/aromatic N) is 1. The van der Waals surface area contributed by atoms with Crippen LogP contribution >= 0.6 is 31.9 Å². The standard InChI is InChI=1S/C14H14Br2N2O/c1-9-3-11(8-17-6-9)18-7-10-4-12(15)14(19-2)13(16)5-10/h3-6,8,18H,7H2,1-2H3. The van der Waals surface area contributed by atoms with E-state index in [9.17, 15) is 0 Å². The SMILES string of the molecule is COc1c(Br)cc(CNc2cncc(C)c2)cc1Br. The zero-order valence-electron chi connectivity index (χ0n) is 10.7. The molecule has 0 saturated carbocycles. The summed E-state index contributed by atoms with van der Waals surface area (Å²) in [6.07, 6.45) is 3.66. The summed E-state index contributed by atoms with van der Waals surface area (Å²) in [7, 11) is 1.65. The zero-order chi connectivity index (χ0) is 13.8. The molecule has 5 heteroatoms. The molecule has 0 aliphatic carbocycles. The van der Waals surface area contributed by atoms with Crippen LogP contribution in [0.5, 0.6) is 5.75 Å². The van der Waals surface area contributed by atoms with Crippen molar-refractivity contribution in [3.63, 3.8) is 0 Å². The molecule has 1 N–H and O–H groups in total. The van der Waals surface area contributed by atoms with E-state index >= 15 is 0 Å². The van der Waals surface area contributed by atoms with Crippen molar-refractivity contribution >= 4 is 37.5 Å². The van der Waals surface area contributed by atoms with Gasteiger partial charge in [-0.15, -0.1) is 0 Å². The van der Waals surface area contributed by atoms with Crippen LogP contribution in [0.15, 0.2) is 39.5 Å². The fourth-order valence-corrected chi connectivity index (χ4v) is 3.37. The summed E-state index contributed by atoms with van der Waals surface area (Å²) in [5.41, 5.74) is 3.31. The number of anilines is 1. The Hall–Kier alpha value is -1.07. The van der Waals surface area contributed by atoms with E-state index in [-0.39, 0.29) is 0 Å². The lowest BCUT2D eigenvalue weighted by Crippen LogP contribution is -2.01. The number of aryl methyl sites for hydroxylation is 1. The molecule has 1 aromatic carbocycles. The van der Waals surface area contributed by atoms with Crippen LogP contribution in [0, 0.1) is 6.92 Å². The molecule has 2 rings (SSSR count). The number of ether oxygens (including phenoxy) is 1. The van der Waals surface area contributed by atoms with Gasteiger partial charge in [0.2, 0.25) is 0 Å². The van der Waals surface area contributed by atoms with Gasteiger partial charge in [0.05, 0.1) is 21.7 Å². The third-order valence-corrected chi connectivity index (χ3v) is 3.81. The highest BCUT2D eigenvalue weighted by Crippen LogP contribution is 2.34. The molecule has 1 aromatic heterocycles. The summed E-state index contributed by atoms with van der Waals surface area (Å²) in [5, 5.41) is 3.35. The van der Waals surface area contributed by atoms with Crippen molar-refractivity contribution in [1.82, 2.24) is 4.98 Å².